The van der Waals surface area contributed by atoms with Crippen molar-refractivity contribution >= 4 is 33.3 Å². The maximum absolute atomic E-state index is 12.5. The lowest BCUT2D eigenvalue weighted by atomic mass is 10.2. The van der Waals surface area contributed by atoms with Crippen molar-refractivity contribution in [1.29, 1.82) is 0 Å². The summed E-state index contributed by atoms with van der Waals surface area (Å²) in [5, 5.41) is 8.92. The Hall–Kier alpha value is -2.25. The van der Waals surface area contributed by atoms with E-state index >= 15 is 0 Å². The third kappa shape index (κ3) is 4.39. The first-order chi connectivity index (χ1) is 11.2. The number of aliphatic carboxylic acids is 1. The predicted octanol–water partition coefficient (Wildman–Crippen LogP) is 3.22. The van der Waals surface area contributed by atoms with Crippen molar-refractivity contribution in [2.45, 2.75) is 18.7 Å². The molecule has 0 spiro atoms. The Bertz CT molecular complexity index is 880. The van der Waals surface area contributed by atoms with Crippen LogP contribution in [0.15, 0.2) is 41.3 Å². The van der Waals surface area contributed by atoms with Gasteiger partial charge in [-0.25, -0.2) is 13.2 Å². The molecule has 0 aliphatic rings. The molecular weight excluding hydrogens is 354 g/mol. The molecule has 0 amide bonds. The summed E-state index contributed by atoms with van der Waals surface area (Å²) in [5.74, 6) is -0.800. The minimum atomic E-state index is -3.83. The molecule has 128 valence electrons. The molecule has 24 heavy (non-hydrogen) atoms. The number of aryl methyl sites for hydroxylation is 2. The van der Waals surface area contributed by atoms with E-state index in [-0.39, 0.29) is 10.6 Å². The fourth-order valence-electron chi connectivity index (χ4n) is 2.00. The van der Waals surface area contributed by atoms with Crippen molar-refractivity contribution in [3.63, 3.8) is 0 Å². The van der Waals surface area contributed by atoms with Gasteiger partial charge >= 0.3 is 5.97 Å². The zero-order valence-electron chi connectivity index (χ0n) is 13.0. The fourth-order valence-corrected chi connectivity index (χ4v) is 3.50. The van der Waals surface area contributed by atoms with Crippen LogP contribution in [-0.4, -0.2) is 26.1 Å². The van der Waals surface area contributed by atoms with Crippen LogP contribution in [0.25, 0.3) is 0 Å². The average Bonchev–Trinajstić information content (AvgIpc) is 2.48. The van der Waals surface area contributed by atoms with E-state index in [2.05, 4.69) is 4.72 Å². The van der Waals surface area contributed by atoms with E-state index in [1.807, 2.05) is 6.92 Å². The molecule has 2 N–H and O–H groups in total. The highest BCUT2D eigenvalue weighted by molar-refractivity contribution is 7.92. The predicted molar refractivity (Wildman–Crippen MR) is 91.3 cm³/mol. The van der Waals surface area contributed by atoms with Gasteiger partial charge in [0, 0.05) is 0 Å². The molecule has 0 aliphatic heterocycles. The Balaban J connectivity index is 2.26. The highest BCUT2D eigenvalue weighted by Crippen LogP contribution is 2.27. The van der Waals surface area contributed by atoms with Gasteiger partial charge in [-0.2, -0.15) is 0 Å². The Labute approximate surface area is 145 Å². The molecule has 0 radical (unpaired) electrons. The van der Waals surface area contributed by atoms with E-state index in [4.69, 9.17) is 21.4 Å². The molecule has 0 saturated heterocycles. The van der Waals surface area contributed by atoms with Crippen LogP contribution in [0.3, 0.4) is 0 Å². The molecule has 0 bridgehead atoms. The molecule has 0 aromatic heterocycles. The van der Waals surface area contributed by atoms with Gasteiger partial charge in [-0.1, -0.05) is 17.7 Å². The van der Waals surface area contributed by atoms with E-state index in [0.717, 1.165) is 5.56 Å². The minimum absolute atomic E-state index is 0.0271. The summed E-state index contributed by atoms with van der Waals surface area (Å²) < 4.78 is 32.4. The number of carboxylic acid groups (broad SMARTS) is 1. The van der Waals surface area contributed by atoms with Crippen molar-refractivity contribution in [3.8, 4) is 5.75 Å². The lowest BCUT2D eigenvalue weighted by Crippen LogP contribution is -2.14. The van der Waals surface area contributed by atoms with Crippen LogP contribution in [0.4, 0.5) is 5.69 Å². The van der Waals surface area contributed by atoms with Crippen LogP contribution < -0.4 is 9.46 Å². The maximum atomic E-state index is 12.5. The number of nitrogens with one attached hydrogen (secondary N) is 1. The van der Waals surface area contributed by atoms with Crippen molar-refractivity contribution in [2.75, 3.05) is 11.3 Å². The van der Waals surface area contributed by atoms with Gasteiger partial charge in [-0.3, -0.25) is 4.72 Å². The van der Waals surface area contributed by atoms with E-state index in [1.165, 1.54) is 18.2 Å². The first-order valence-corrected chi connectivity index (χ1v) is 8.79. The van der Waals surface area contributed by atoms with E-state index in [9.17, 15) is 13.2 Å². The molecule has 0 fully saturated rings. The number of hydrogen-bond donors (Lipinski definition) is 2. The number of benzene rings is 2. The van der Waals surface area contributed by atoms with Gasteiger partial charge in [0.1, 0.15) is 5.75 Å². The standard InChI is InChI=1S/C16H16ClNO5S/c1-10-3-5-14(13(17)7-10)18-24(21,22)12-4-6-15(11(2)8-12)23-9-16(19)20/h3-8,18H,9H2,1-2H3,(H,19,20). The number of ether oxygens (including phenoxy) is 1. The summed E-state index contributed by atoms with van der Waals surface area (Å²) in [6, 6.07) is 9.16. The second-order valence-corrected chi connectivity index (χ2v) is 7.29. The molecule has 8 heteroatoms. The third-order valence-electron chi connectivity index (χ3n) is 3.18. The maximum Gasteiger partial charge on any atom is 0.341 e. The van der Waals surface area contributed by atoms with Crippen LogP contribution in [0, 0.1) is 13.8 Å². The monoisotopic (exact) mass is 369 g/mol. The SMILES string of the molecule is Cc1ccc(NS(=O)(=O)c2ccc(OCC(=O)O)c(C)c2)c(Cl)c1. The average molecular weight is 370 g/mol. The summed E-state index contributed by atoms with van der Waals surface area (Å²) in [7, 11) is -3.83. The summed E-state index contributed by atoms with van der Waals surface area (Å²) in [6.07, 6.45) is 0. The van der Waals surface area contributed by atoms with Gasteiger partial charge in [-0.15, -0.1) is 0 Å². The lowest BCUT2D eigenvalue weighted by molar-refractivity contribution is -0.139. The quantitative estimate of drug-likeness (QED) is 0.815. The van der Waals surface area contributed by atoms with Crippen LogP contribution in [0.1, 0.15) is 11.1 Å². The summed E-state index contributed by atoms with van der Waals surface area (Å²) in [5.41, 5.74) is 1.71. The van der Waals surface area contributed by atoms with Gasteiger partial charge in [0.2, 0.25) is 0 Å². The Morgan fingerprint density at radius 2 is 1.92 bits per heavy atom. The van der Waals surface area contributed by atoms with E-state index < -0.39 is 22.6 Å². The number of rotatable bonds is 6. The van der Waals surface area contributed by atoms with Gasteiger partial charge in [-0.05, 0) is 55.3 Å². The first kappa shape index (κ1) is 18.1. The number of halogens is 1. The van der Waals surface area contributed by atoms with Gasteiger partial charge in [0.25, 0.3) is 10.0 Å². The molecule has 0 aliphatic carbocycles. The van der Waals surface area contributed by atoms with Gasteiger partial charge < -0.3 is 9.84 Å². The Kier molecular flexibility index (Phi) is 5.36. The first-order valence-electron chi connectivity index (χ1n) is 6.93. The largest absolute Gasteiger partial charge is 0.482 e. The Morgan fingerprint density at radius 3 is 2.50 bits per heavy atom. The number of carbonyl (C=O) groups is 1. The minimum Gasteiger partial charge on any atom is -0.482 e. The lowest BCUT2D eigenvalue weighted by Gasteiger charge is -2.12. The Morgan fingerprint density at radius 1 is 1.21 bits per heavy atom. The van der Waals surface area contributed by atoms with Crippen LogP contribution in [0.2, 0.25) is 5.02 Å². The topological polar surface area (TPSA) is 92.7 Å². The molecule has 2 rings (SSSR count). The normalized spacial score (nSPS) is 11.1. The van der Waals surface area contributed by atoms with Crippen LogP contribution in [0.5, 0.6) is 5.75 Å². The molecule has 2 aromatic rings. The molecule has 0 heterocycles. The second-order valence-electron chi connectivity index (χ2n) is 5.20. The number of carboxylic acids is 1. The highest BCUT2D eigenvalue weighted by Gasteiger charge is 2.17. The van der Waals surface area contributed by atoms with Crippen molar-refractivity contribution in [3.05, 3.63) is 52.5 Å². The van der Waals surface area contributed by atoms with Crippen LogP contribution in [-0.2, 0) is 14.8 Å². The third-order valence-corrected chi connectivity index (χ3v) is 4.85. The molecule has 6 nitrogen and oxygen atoms in total. The second kappa shape index (κ2) is 7.11. The number of sulfonamides is 1. The highest BCUT2D eigenvalue weighted by atomic mass is 35.5. The van der Waals surface area contributed by atoms with Crippen molar-refractivity contribution in [2.24, 2.45) is 0 Å². The zero-order valence-corrected chi connectivity index (χ0v) is 14.6. The zero-order chi connectivity index (χ0) is 17.9. The summed E-state index contributed by atoms with van der Waals surface area (Å²) in [4.78, 5) is 10.6. The number of hydrogen-bond acceptors (Lipinski definition) is 4. The van der Waals surface area contributed by atoms with Crippen molar-refractivity contribution < 1.29 is 23.1 Å². The molecular formula is C16H16ClNO5S. The molecule has 0 saturated carbocycles. The van der Waals surface area contributed by atoms with E-state index in [1.54, 1.807) is 25.1 Å². The summed E-state index contributed by atoms with van der Waals surface area (Å²) in [6.45, 7) is 2.99. The van der Waals surface area contributed by atoms with Gasteiger partial charge in [0.15, 0.2) is 6.61 Å². The van der Waals surface area contributed by atoms with E-state index in [0.29, 0.717) is 16.3 Å². The number of anilines is 1. The van der Waals surface area contributed by atoms with Gasteiger partial charge in [0.05, 0.1) is 15.6 Å². The fraction of sp³-hybridized carbons (Fsp3) is 0.188. The van der Waals surface area contributed by atoms with Crippen molar-refractivity contribution in [1.82, 2.24) is 0 Å². The molecule has 0 atom stereocenters. The molecule has 0 unspecified atom stereocenters. The molecule has 2 aromatic carbocycles. The smallest absolute Gasteiger partial charge is 0.341 e. The van der Waals surface area contributed by atoms with Crippen LogP contribution >= 0.6 is 11.6 Å². The summed E-state index contributed by atoms with van der Waals surface area (Å²) >= 11 is 6.05.